The lowest BCUT2D eigenvalue weighted by molar-refractivity contribution is 0.0926. The maximum atomic E-state index is 12.3. The first-order valence-electron chi connectivity index (χ1n) is 8.26. The number of aliphatic hydroxyl groups excluding tert-OH is 1. The van der Waals surface area contributed by atoms with E-state index in [-0.39, 0.29) is 18.2 Å². The molecule has 5 nitrogen and oxygen atoms in total. The van der Waals surface area contributed by atoms with E-state index in [1.165, 1.54) is 5.69 Å². The van der Waals surface area contributed by atoms with Crippen LogP contribution in [0, 0.1) is 0 Å². The smallest absolute Gasteiger partial charge is 0.317 e. The van der Waals surface area contributed by atoms with Gasteiger partial charge in [0.15, 0.2) is 0 Å². The molecule has 1 aromatic rings. The molecular formula is C17H25N3O2. The molecular weight excluding hydrogens is 278 g/mol. The van der Waals surface area contributed by atoms with E-state index in [4.69, 9.17) is 0 Å². The van der Waals surface area contributed by atoms with Gasteiger partial charge in [0.2, 0.25) is 0 Å². The zero-order chi connectivity index (χ0) is 15.4. The van der Waals surface area contributed by atoms with E-state index in [1.54, 1.807) is 0 Å². The Morgan fingerprint density at radius 1 is 1.09 bits per heavy atom. The van der Waals surface area contributed by atoms with Crippen molar-refractivity contribution in [2.45, 2.75) is 37.8 Å². The van der Waals surface area contributed by atoms with Crippen LogP contribution in [0.3, 0.4) is 0 Å². The van der Waals surface area contributed by atoms with Crippen LogP contribution < -0.4 is 10.2 Å². The standard InChI is InChI=1S/C17H25N3O2/c21-16-8-11-19(12-9-16)17(22)18-14-5-4-10-20(13-14)15-6-2-1-3-7-15/h1-3,6-7,14,16,21H,4-5,8-13H2,(H,18,22)/t14-/m0/s1. The molecule has 0 spiro atoms. The lowest BCUT2D eigenvalue weighted by Gasteiger charge is -2.37. The van der Waals surface area contributed by atoms with E-state index in [1.807, 2.05) is 11.0 Å². The third-order valence-corrected chi connectivity index (χ3v) is 4.62. The molecule has 2 amide bonds. The number of anilines is 1. The fourth-order valence-electron chi connectivity index (χ4n) is 3.30. The van der Waals surface area contributed by atoms with Crippen LogP contribution in [0.5, 0.6) is 0 Å². The molecule has 0 saturated carbocycles. The number of hydrogen-bond donors (Lipinski definition) is 2. The van der Waals surface area contributed by atoms with Gasteiger partial charge in [0.05, 0.1) is 6.10 Å². The number of likely N-dealkylation sites (tertiary alicyclic amines) is 1. The predicted molar refractivity (Wildman–Crippen MR) is 87.0 cm³/mol. The maximum Gasteiger partial charge on any atom is 0.317 e. The Labute approximate surface area is 131 Å². The first kappa shape index (κ1) is 15.2. The van der Waals surface area contributed by atoms with E-state index >= 15 is 0 Å². The quantitative estimate of drug-likeness (QED) is 0.876. The van der Waals surface area contributed by atoms with Crippen LogP contribution in [-0.2, 0) is 0 Å². The van der Waals surface area contributed by atoms with Crippen LogP contribution in [0.1, 0.15) is 25.7 Å². The minimum Gasteiger partial charge on any atom is -0.393 e. The highest BCUT2D eigenvalue weighted by Gasteiger charge is 2.26. The second-order valence-electron chi connectivity index (χ2n) is 6.29. The molecule has 2 N–H and O–H groups in total. The molecule has 5 heteroatoms. The van der Waals surface area contributed by atoms with Crippen molar-refractivity contribution in [2.75, 3.05) is 31.1 Å². The molecule has 1 aromatic carbocycles. The zero-order valence-electron chi connectivity index (χ0n) is 12.9. The second-order valence-corrected chi connectivity index (χ2v) is 6.29. The number of nitrogens with zero attached hydrogens (tertiary/aromatic N) is 2. The number of nitrogens with one attached hydrogen (secondary N) is 1. The molecule has 0 bridgehead atoms. The highest BCUT2D eigenvalue weighted by atomic mass is 16.3. The van der Waals surface area contributed by atoms with Crippen LogP contribution in [0.2, 0.25) is 0 Å². The molecule has 3 rings (SSSR count). The summed E-state index contributed by atoms with van der Waals surface area (Å²) in [6.45, 7) is 3.22. The summed E-state index contributed by atoms with van der Waals surface area (Å²) in [6.07, 6.45) is 3.26. The van der Waals surface area contributed by atoms with E-state index in [0.717, 1.165) is 25.9 Å². The van der Waals surface area contributed by atoms with Crippen molar-refractivity contribution in [3.05, 3.63) is 30.3 Å². The predicted octanol–water partition coefficient (Wildman–Crippen LogP) is 1.82. The molecule has 2 fully saturated rings. The van der Waals surface area contributed by atoms with Crippen molar-refractivity contribution in [1.29, 1.82) is 0 Å². The van der Waals surface area contributed by atoms with Gasteiger partial charge < -0.3 is 20.2 Å². The summed E-state index contributed by atoms with van der Waals surface area (Å²) in [5.41, 5.74) is 1.22. The maximum absolute atomic E-state index is 12.3. The first-order chi connectivity index (χ1) is 10.7. The molecule has 0 aliphatic carbocycles. The fourth-order valence-corrected chi connectivity index (χ4v) is 3.30. The SMILES string of the molecule is O=C(N[C@H]1CCCN(c2ccccc2)C1)N1CCC(O)CC1. The first-order valence-corrected chi connectivity index (χ1v) is 8.26. The van der Waals surface area contributed by atoms with E-state index in [0.29, 0.717) is 25.9 Å². The Kier molecular flexibility index (Phi) is 4.83. The van der Waals surface area contributed by atoms with E-state index in [9.17, 15) is 9.90 Å². The molecule has 0 unspecified atom stereocenters. The summed E-state index contributed by atoms with van der Waals surface area (Å²) in [5, 5.41) is 12.7. The van der Waals surface area contributed by atoms with Gasteiger partial charge in [0.1, 0.15) is 0 Å². The molecule has 22 heavy (non-hydrogen) atoms. The Balaban J connectivity index is 1.53. The highest BCUT2D eigenvalue weighted by molar-refractivity contribution is 5.74. The van der Waals surface area contributed by atoms with Crippen LogP contribution in [0.25, 0.3) is 0 Å². The number of urea groups is 1. The molecule has 0 aromatic heterocycles. The number of carbonyl (C=O) groups is 1. The zero-order valence-corrected chi connectivity index (χ0v) is 12.9. The summed E-state index contributed by atoms with van der Waals surface area (Å²) in [6, 6.07) is 10.6. The Morgan fingerprint density at radius 2 is 1.82 bits per heavy atom. The van der Waals surface area contributed by atoms with E-state index in [2.05, 4.69) is 34.5 Å². The monoisotopic (exact) mass is 303 g/mol. The van der Waals surface area contributed by atoms with Gasteiger partial charge in [-0.25, -0.2) is 4.79 Å². The van der Waals surface area contributed by atoms with Gasteiger partial charge in [-0.05, 0) is 37.8 Å². The number of aliphatic hydroxyl groups is 1. The molecule has 120 valence electrons. The number of hydrogen-bond acceptors (Lipinski definition) is 3. The van der Waals surface area contributed by atoms with Crippen LogP contribution in [0.4, 0.5) is 10.5 Å². The van der Waals surface area contributed by atoms with Crippen LogP contribution in [-0.4, -0.2) is 54.4 Å². The number of benzene rings is 1. The van der Waals surface area contributed by atoms with Crippen molar-refractivity contribution in [3.8, 4) is 0 Å². The largest absolute Gasteiger partial charge is 0.393 e. The number of piperidine rings is 2. The minimum absolute atomic E-state index is 0.0202. The fraction of sp³-hybridized carbons (Fsp3) is 0.588. The summed E-state index contributed by atoms with van der Waals surface area (Å²) in [4.78, 5) is 16.5. The molecule has 0 radical (unpaired) electrons. The van der Waals surface area contributed by atoms with Crippen molar-refractivity contribution < 1.29 is 9.90 Å². The molecule has 2 heterocycles. The third-order valence-electron chi connectivity index (χ3n) is 4.62. The van der Waals surface area contributed by atoms with Crippen LogP contribution in [0.15, 0.2) is 30.3 Å². The third kappa shape index (κ3) is 3.71. The van der Waals surface area contributed by atoms with Gasteiger partial charge in [-0.2, -0.15) is 0 Å². The average molecular weight is 303 g/mol. The van der Waals surface area contributed by atoms with Crippen molar-refractivity contribution in [1.82, 2.24) is 10.2 Å². The minimum atomic E-state index is -0.243. The highest BCUT2D eigenvalue weighted by Crippen LogP contribution is 2.20. The number of amides is 2. The lowest BCUT2D eigenvalue weighted by Crippen LogP contribution is -2.53. The van der Waals surface area contributed by atoms with Gasteiger partial charge in [-0.15, -0.1) is 0 Å². The van der Waals surface area contributed by atoms with Gasteiger partial charge in [0, 0.05) is 37.9 Å². The van der Waals surface area contributed by atoms with Crippen molar-refractivity contribution >= 4 is 11.7 Å². The number of carbonyl (C=O) groups excluding carboxylic acids is 1. The molecule has 2 aliphatic rings. The molecule has 2 aliphatic heterocycles. The summed E-state index contributed by atoms with van der Waals surface area (Å²) >= 11 is 0. The van der Waals surface area contributed by atoms with Crippen molar-refractivity contribution in [3.63, 3.8) is 0 Å². The van der Waals surface area contributed by atoms with Gasteiger partial charge in [-0.3, -0.25) is 0 Å². The lowest BCUT2D eigenvalue weighted by atomic mass is 10.0. The average Bonchev–Trinajstić information content (AvgIpc) is 2.56. The van der Waals surface area contributed by atoms with Crippen LogP contribution >= 0.6 is 0 Å². The molecule has 1 atom stereocenters. The van der Waals surface area contributed by atoms with E-state index < -0.39 is 0 Å². The summed E-state index contributed by atoms with van der Waals surface area (Å²) in [7, 11) is 0. The Hall–Kier alpha value is -1.75. The summed E-state index contributed by atoms with van der Waals surface area (Å²) < 4.78 is 0. The molecule has 2 saturated heterocycles. The second kappa shape index (κ2) is 7.01. The van der Waals surface area contributed by atoms with Crippen molar-refractivity contribution in [2.24, 2.45) is 0 Å². The van der Waals surface area contributed by atoms with Gasteiger partial charge in [-0.1, -0.05) is 18.2 Å². The number of rotatable bonds is 2. The topological polar surface area (TPSA) is 55.8 Å². The normalized spacial score (nSPS) is 23.4. The Morgan fingerprint density at radius 3 is 2.55 bits per heavy atom. The summed E-state index contributed by atoms with van der Waals surface area (Å²) in [5.74, 6) is 0. The van der Waals surface area contributed by atoms with Gasteiger partial charge in [0.25, 0.3) is 0 Å². The Bertz CT molecular complexity index is 486. The number of para-hydroxylation sites is 1. The van der Waals surface area contributed by atoms with Gasteiger partial charge >= 0.3 is 6.03 Å².